The molecule has 0 aliphatic heterocycles. The van der Waals surface area contributed by atoms with Crippen LogP contribution in [0.15, 0.2) is 30.5 Å². The minimum Gasteiger partial charge on any atom is -0.497 e. The van der Waals surface area contributed by atoms with Gasteiger partial charge >= 0.3 is 0 Å². The molecular formula is C13H15N3O2. The number of hydrogen-bond donors (Lipinski definition) is 0. The lowest BCUT2D eigenvalue weighted by Crippen LogP contribution is -2.11. The number of methoxy groups -OCH3 is 1. The predicted molar refractivity (Wildman–Crippen MR) is 66.7 cm³/mol. The molecule has 0 atom stereocenters. The molecule has 1 aromatic carbocycles. The molecule has 1 heterocycles. The van der Waals surface area contributed by atoms with Crippen LogP contribution in [0.3, 0.4) is 0 Å². The van der Waals surface area contributed by atoms with Gasteiger partial charge in [0.15, 0.2) is 0 Å². The Bertz CT molecular complexity index is 549. The van der Waals surface area contributed by atoms with Gasteiger partial charge in [0.05, 0.1) is 13.3 Å². The summed E-state index contributed by atoms with van der Waals surface area (Å²) < 4.78 is 6.74. The minimum atomic E-state index is -0.0904. The number of aryl methyl sites for hydroxylation is 1. The van der Waals surface area contributed by atoms with Gasteiger partial charge in [-0.2, -0.15) is 0 Å². The van der Waals surface area contributed by atoms with Crippen molar-refractivity contribution < 1.29 is 9.53 Å². The average molecular weight is 245 g/mol. The number of hydrogen-bond acceptors (Lipinski definition) is 4. The van der Waals surface area contributed by atoms with Gasteiger partial charge in [-0.15, -0.1) is 5.10 Å². The quantitative estimate of drug-likeness (QED) is 0.755. The highest BCUT2D eigenvalue weighted by Gasteiger charge is 2.15. The number of benzene rings is 1. The summed E-state index contributed by atoms with van der Waals surface area (Å²) in [6.45, 7) is 2.71. The Labute approximate surface area is 105 Å². The van der Waals surface area contributed by atoms with Gasteiger partial charge in [-0.3, -0.25) is 4.79 Å². The highest BCUT2D eigenvalue weighted by atomic mass is 16.5. The maximum atomic E-state index is 12.3. The molecule has 0 N–H and O–H groups in total. The Morgan fingerprint density at radius 1 is 1.44 bits per heavy atom. The maximum Gasteiger partial charge on any atom is 0.212 e. The first-order valence-corrected chi connectivity index (χ1v) is 5.83. The average Bonchev–Trinajstić information content (AvgIpc) is 2.86. The van der Waals surface area contributed by atoms with Crippen LogP contribution < -0.4 is 4.74 Å². The molecule has 5 nitrogen and oxygen atoms in total. The van der Waals surface area contributed by atoms with Crippen molar-refractivity contribution in [2.45, 2.75) is 19.9 Å². The molecule has 0 spiro atoms. The Morgan fingerprint density at radius 3 is 3.00 bits per heavy atom. The molecule has 0 bridgehead atoms. The molecule has 0 saturated heterocycles. The molecule has 0 aliphatic carbocycles. The van der Waals surface area contributed by atoms with Crippen molar-refractivity contribution in [2.75, 3.05) is 7.11 Å². The molecule has 0 unspecified atom stereocenters. The second-order valence-corrected chi connectivity index (χ2v) is 3.90. The fraction of sp³-hybridized carbons (Fsp3) is 0.308. The van der Waals surface area contributed by atoms with E-state index in [0.29, 0.717) is 23.6 Å². The molecule has 0 radical (unpaired) electrons. The molecule has 2 rings (SSSR count). The smallest absolute Gasteiger partial charge is 0.212 e. The lowest BCUT2D eigenvalue weighted by atomic mass is 10.1. The van der Waals surface area contributed by atoms with E-state index >= 15 is 0 Å². The van der Waals surface area contributed by atoms with Crippen LogP contribution in [0.2, 0.25) is 0 Å². The summed E-state index contributed by atoms with van der Waals surface area (Å²) >= 11 is 0. The molecule has 0 saturated carbocycles. The van der Waals surface area contributed by atoms with E-state index in [4.69, 9.17) is 4.74 Å². The Morgan fingerprint density at radius 2 is 2.28 bits per heavy atom. The van der Waals surface area contributed by atoms with Gasteiger partial charge < -0.3 is 4.74 Å². The molecule has 5 heteroatoms. The number of carbonyl (C=O) groups excluding carboxylic acids is 1. The fourth-order valence-corrected chi connectivity index (χ4v) is 1.72. The molecule has 0 amide bonds. The van der Waals surface area contributed by atoms with Crippen LogP contribution in [-0.4, -0.2) is 27.9 Å². The first kappa shape index (κ1) is 12.3. The van der Waals surface area contributed by atoms with Crippen molar-refractivity contribution in [3.05, 3.63) is 41.7 Å². The van der Waals surface area contributed by atoms with Gasteiger partial charge in [0.25, 0.3) is 0 Å². The number of nitrogens with zero attached hydrogens (tertiary/aromatic N) is 3. The van der Waals surface area contributed by atoms with Crippen LogP contribution in [-0.2, 0) is 6.54 Å². The third kappa shape index (κ3) is 2.40. The molecule has 18 heavy (non-hydrogen) atoms. The zero-order valence-corrected chi connectivity index (χ0v) is 10.5. The maximum absolute atomic E-state index is 12.3. The van der Waals surface area contributed by atoms with E-state index < -0.39 is 0 Å². The predicted octanol–water partition coefficient (Wildman–Crippen LogP) is 1.93. The summed E-state index contributed by atoms with van der Waals surface area (Å²) in [4.78, 5) is 12.3. The van der Waals surface area contributed by atoms with Crippen LogP contribution in [0.5, 0.6) is 5.75 Å². The summed E-state index contributed by atoms with van der Waals surface area (Å²) in [5, 5.41) is 7.70. The second kappa shape index (κ2) is 5.44. The zero-order chi connectivity index (χ0) is 13.0. The molecule has 0 fully saturated rings. The van der Waals surface area contributed by atoms with Crippen LogP contribution >= 0.6 is 0 Å². The van der Waals surface area contributed by atoms with Crippen molar-refractivity contribution in [2.24, 2.45) is 0 Å². The fourth-order valence-electron chi connectivity index (χ4n) is 1.72. The third-order valence-electron chi connectivity index (χ3n) is 2.62. The topological polar surface area (TPSA) is 57.0 Å². The number of carbonyl (C=O) groups is 1. The molecule has 94 valence electrons. The van der Waals surface area contributed by atoms with E-state index in [0.717, 1.165) is 6.42 Å². The second-order valence-electron chi connectivity index (χ2n) is 3.90. The van der Waals surface area contributed by atoms with Crippen LogP contribution in [0.25, 0.3) is 0 Å². The molecule has 0 aliphatic rings. The first-order chi connectivity index (χ1) is 8.76. The van der Waals surface area contributed by atoms with Crippen LogP contribution in [0, 0.1) is 0 Å². The number of rotatable bonds is 5. The minimum absolute atomic E-state index is 0.0904. The molecular weight excluding hydrogens is 230 g/mol. The van der Waals surface area contributed by atoms with E-state index in [1.165, 1.54) is 6.20 Å². The molecule has 2 aromatic rings. The molecule has 1 aromatic heterocycles. The van der Waals surface area contributed by atoms with Crippen LogP contribution in [0.1, 0.15) is 29.4 Å². The summed E-state index contributed by atoms with van der Waals surface area (Å²) in [6, 6.07) is 7.07. The number of aromatic nitrogens is 3. The van der Waals surface area contributed by atoms with E-state index in [9.17, 15) is 4.79 Å². The Hall–Kier alpha value is -2.17. The van der Waals surface area contributed by atoms with E-state index in [2.05, 4.69) is 10.3 Å². The van der Waals surface area contributed by atoms with Gasteiger partial charge in [0, 0.05) is 12.1 Å². The largest absolute Gasteiger partial charge is 0.497 e. The van der Waals surface area contributed by atoms with E-state index in [-0.39, 0.29) is 5.78 Å². The highest BCUT2D eigenvalue weighted by Crippen LogP contribution is 2.15. The standard InChI is InChI=1S/C13H15N3O2/c1-3-7-16-12(9-14-15-16)13(17)10-5-4-6-11(8-10)18-2/h4-6,8-9H,3,7H2,1-2H3. The lowest BCUT2D eigenvalue weighted by Gasteiger charge is -2.05. The summed E-state index contributed by atoms with van der Waals surface area (Å²) in [7, 11) is 1.58. The van der Waals surface area contributed by atoms with Crippen molar-refractivity contribution in [3.63, 3.8) is 0 Å². The van der Waals surface area contributed by atoms with Gasteiger partial charge in [0.2, 0.25) is 5.78 Å². The van der Waals surface area contributed by atoms with Crippen molar-refractivity contribution in [1.82, 2.24) is 15.0 Å². The summed E-state index contributed by atoms with van der Waals surface area (Å²) in [5.74, 6) is 0.572. The van der Waals surface area contributed by atoms with Crippen molar-refractivity contribution in [3.8, 4) is 5.75 Å². The van der Waals surface area contributed by atoms with E-state index in [1.54, 1.807) is 36.1 Å². The van der Waals surface area contributed by atoms with Gasteiger partial charge in [-0.1, -0.05) is 24.3 Å². The SMILES string of the molecule is CCCn1nncc1C(=O)c1cccc(OC)c1. The highest BCUT2D eigenvalue weighted by molar-refractivity contribution is 6.07. The van der Waals surface area contributed by atoms with Gasteiger partial charge in [-0.25, -0.2) is 4.68 Å². The van der Waals surface area contributed by atoms with Gasteiger partial charge in [0.1, 0.15) is 11.4 Å². The zero-order valence-electron chi connectivity index (χ0n) is 10.5. The van der Waals surface area contributed by atoms with Gasteiger partial charge in [-0.05, 0) is 18.6 Å². The lowest BCUT2D eigenvalue weighted by molar-refractivity contribution is 0.102. The van der Waals surface area contributed by atoms with E-state index in [1.807, 2.05) is 6.92 Å². The van der Waals surface area contributed by atoms with Crippen molar-refractivity contribution in [1.29, 1.82) is 0 Å². The third-order valence-corrected chi connectivity index (χ3v) is 2.62. The number of ether oxygens (including phenoxy) is 1. The first-order valence-electron chi connectivity index (χ1n) is 5.83. The summed E-state index contributed by atoms with van der Waals surface area (Å²) in [5.41, 5.74) is 1.08. The normalized spacial score (nSPS) is 10.3. The Kier molecular flexibility index (Phi) is 3.72. The monoisotopic (exact) mass is 245 g/mol. The van der Waals surface area contributed by atoms with Crippen molar-refractivity contribution >= 4 is 5.78 Å². The Balaban J connectivity index is 2.32. The summed E-state index contributed by atoms with van der Waals surface area (Å²) in [6.07, 6.45) is 2.40. The number of ketones is 1. The van der Waals surface area contributed by atoms with Crippen LogP contribution in [0.4, 0.5) is 0 Å².